The van der Waals surface area contributed by atoms with Crippen molar-refractivity contribution in [2.24, 2.45) is 0 Å². The van der Waals surface area contributed by atoms with Crippen LogP contribution < -0.4 is 4.74 Å². The molecule has 0 amide bonds. The highest BCUT2D eigenvalue weighted by Crippen LogP contribution is 2.23. The summed E-state index contributed by atoms with van der Waals surface area (Å²) < 4.78 is 5.38. The van der Waals surface area contributed by atoms with Crippen LogP contribution in [0.2, 0.25) is 5.15 Å². The monoisotopic (exact) mass is 220 g/mol. The maximum atomic E-state index is 5.91. The van der Waals surface area contributed by atoms with E-state index in [1.54, 1.807) is 6.08 Å². The van der Waals surface area contributed by atoms with E-state index in [9.17, 15) is 0 Å². The molecule has 0 saturated carbocycles. The van der Waals surface area contributed by atoms with Gasteiger partial charge in [0.1, 0.15) is 23.8 Å². The van der Waals surface area contributed by atoms with Crippen molar-refractivity contribution in [2.75, 3.05) is 6.61 Å². The van der Waals surface area contributed by atoms with Crippen molar-refractivity contribution in [2.45, 2.75) is 0 Å². The number of benzene rings is 1. The molecule has 0 saturated heterocycles. The highest BCUT2D eigenvalue weighted by molar-refractivity contribution is 6.34. The fourth-order valence-corrected chi connectivity index (χ4v) is 1.45. The molecule has 1 heterocycles. The molecule has 0 spiro atoms. The van der Waals surface area contributed by atoms with Gasteiger partial charge in [-0.05, 0) is 12.1 Å². The average molecular weight is 221 g/mol. The number of ether oxygens (including phenoxy) is 1. The smallest absolute Gasteiger partial charge is 0.140 e. The van der Waals surface area contributed by atoms with Gasteiger partial charge in [0, 0.05) is 11.5 Å². The molecule has 2 rings (SSSR count). The number of hydrogen-bond donors (Lipinski definition) is 0. The Morgan fingerprint density at radius 2 is 2.27 bits per heavy atom. The van der Waals surface area contributed by atoms with E-state index in [4.69, 9.17) is 16.3 Å². The Morgan fingerprint density at radius 3 is 3.07 bits per heavy atom. The van der Waals surface area contributed by atoms with E-state index < -0.39 is 0 Å². The molecule has 15 heavy (non-hydrogen) atoms. The lowest BCUT2D eigenvalue weighted by Crippen LogP contribution is -1.93. The van der Waals surface area contributed by atoms with Gasteiger partial charge in [-0.1, -0.05) is 24.3 Å². The molecule has 0 aliphatic rings. The topological polar surface area (TPSA) is 35.0 Å². The van der Waals surface area contributed by atoms with Crippen molar-refractivity contribution in [3.05, 3.63) is 42.3 Å². The zero-order valence-electron chi connectivity index (χ0n) is 7.98. The second kappa shape index (κ2) is 4.28. The van der Waals surface area contributed by atoms with Gasteiger partial charge in [-0.2, -0.15) is 0 Å². The van der Waals surface area contributed by atoms with E-state index in [0.29, 0.717) is 11.8 Å². The van der Waals surface area contributed by atoms with Crippen molar-refractivity contribution in [1.29, 1.82) is 0 Å². The summed E-state index contributed by atoms with van der Waals surface area (Å²) in [5.74, 6) is 0.747. The summed E-state index contributed by atoms with van der Waals surface area (Å²) >= 11 is 5.91. The average Bonchev–Trinajstić information content (AvgIpc) is 2.26. The van der Waals surface area contributed by atoms with E-state index in [2.05, 4.69) is 16.5 Å². The molecule has 0 bridgehead atoms. The van der Waals surface area contributed by atoms with Crippen LogP contribution in [0.5, 0.6) is 5.75 Å². The minimum Gasteiger partial charge on any atom is -0.489 e. The molecule has 0 aliphatic carbocycles. The Morgan fingerprint density at radius 1 is 1.40 bits per heavy atom. The lowest BCUT2D eigenvalue weighted by Gasteiger charge is -2.04. The molecule has 0 fully saturated rings. The number of halogens is 1. The van der Waals surface area contributed by atoms with Crippen LogP contribution >= 0.6 is 11.6 Å². The van der Waals surface area contributed by atoms with Crippen molar-refractivity contribution < 1.29 is 4.74 Å². The minimum atomic E-state index is 0.454. The van der Waals surface area contributed by atoms with Gasteiger partial charge in [0.15, 0.2) is 0 Å². The van der Waals surface area contributed by atoms with E-state index in [1.807, 2.05) is 18.2 Å². The van der Waals surface area contributed by atoms with Gasteiger partial charge in [0.25, 0.3) is 0 Å². The molecule has 1 aromatic carbocycles. The molecule has 3 nitrogen and oxygen atoms in total. The van der Waals surface area contributed by atoms with E-state index >= 15 is 0 Å². The normalized spacial score (nSPS) is 10.2. The first kappa shape index (κ1) is 9.93. The van der Waals surface area contributed by atoms with Crippen LogP contribution in [0.15, 0.2) is 37.2 Å². The van der Waals surface area contributed by atoms with Crippen molar-refractivity contribution in [1.82, 2.24) is 9.97 Å². The second-order valence-electron chi connectivity index (χ2n) is 2.94. The number of hydrogen-bond acceptors (Lipinski definition) is 3. The largest absolute Gasteiger partial charge is 0.489 e. The Bertz CT molecular complexity index is 499. The third-order valence-corrected chi connectivity index (χ3v) is 2.23. The van der Waals surface area contributed by atoms with Crippen LogP contribution in [0, 0.1) is 0 Å². The van der Waals surface area contributed by atoms with Gasteiger partial charge in [-0.25, -0.2) is 9.97 Å². The number of aromatic nitrogens is 2. The van der Waals surface area contributed by atoms with Crippen molar-refractivity contribution in [3.8, 4) is 5.75 Å². The van der Waals surface area contributed by atoms with E-state index in [-0.39, 0.29) is 0 Å². The third-order valence-electron chi connectivity index (χ3n) is 1.93. The van der Waals surface area contributed by atoms with Gasteiger partial charge < -0.3 is 4.74 Å². The lowest BCUT2D eigenvalue weighted by atomic mass is 10.2. The first-order valence-electron chi connectivity index (χ1n) is 4.45. The van der Waals surface area contributed by atoms with Crippen LogP contribution in [0.25, 0.3) is 10.9 Å². The summed E-state index contributed by atoms with van der Waals surface area (Å²) in [6.07, 6.45) is 3.12. The second-order valence-corrected chi connectivity index (χ2v) is 3.30. The van der Waals surface area contributed by atoms with Crippen LogP contribution in [0.1, 0.15) is 0 Å². The zero-order chi connectivity index (χ0) is 10.7. The van der Waals surface area contributed by atoms with Gasteiger partial charge in [-0.15, -0.1) is 0 Å². The number of nitrogens with zero attached hydrogens (tertiary/aromatic N) is 2. The maximum Gasteiger partial charge on any atom is 0.140 e. The molecular formula is C11H9ClN2O. The summed E-state index contributed by atoms with van der Waals surface area (Å²) in [7, 11) is 0. The van der Waals surface area contributed by atoms with Crippen LogP contribution in [0.4, 0.5) is 0 Å². The van der Waals surface area contributed by atoms with Crippen LogP contribution in [-0.2, 0) is 0 Å². The quantitative estimate of drug-likeness (QED) is 0.589. The molecule has 0 aliphatic heterocycles. The maximum absolute atomic E-state index is 5.91. The molecule has 4 heteroatoms. The molecule has 0 radical (unpaired) electrons. The van der Waals surface area contributed by atoms with Crippen molar-refractivity contribution in [3.63, 3.8) is 0 Å². The van der Waals surface area contributed by atoms with Gasteiger partial charge in [0.05, 0.1) is 5.52 Å². The molecule has 0 unspecified atom stereocenters. The summed E-state index contributed by atoms with van der Waals surface area (Å²) in [6, 6.07) is 5.50. The molecule has 76 valence electrons. The molecular weight excluding hydrogens is 212 g/mol. The summed E-state index contributed by atoms with van der Waals surface area (Å²) in [5.41, 5.74) is 0.775. The molecule has 0 atom stereocenters. The minimum absolute atomic E-state index is 0.454. The van der Waals surface area contributed by atoms with E-state index in [1.165, 1.54) is 6.33 Å². The van der Waals surface area contributed by atoms with E-state index in [0.717, 1.165) is 16.7 Å². The highest BCUT2D eigenvalue weighted by atomic mass is 35.5. The van der Waals surface area contributed by atoms with Crippen molar-refractivity contribution >= 4 is 22.5 Å². The lowest BCUT2D eigenvalue weighted by molar-refractivity contribution is 0.363. The van der Waals surface area contributed by atoms with Gasteiger partial charge in [-0.3, -0.25) is 0 Å². The van der Waals surface area contributed by atoms with Gasteiger partial charge >= 0.3 is 0 Å². The Labute approximate surface area is 92.4 Å². The fraction of sp³-hybridized carbons (Fsp3) is 0.0909. The number of fused-ring (bicyclic) bond motifs is 1. The highest BCUT2D eigenvalue weighted by Gasteiger charge is 2.02. The Hall–Kier alpha value is -1.61. The predicted molar refractivity (Wildman–Crippen MR) is 60.2 cm³/mol. The van der Waals surface area contributed by atoms with Crippen LogP contribution in [0.3, 0.4) is 0 Å². The number of rotatable bonds is 3. The van der Waals surface area contributed by atoms with Gasteiger partial charge in [0.2, 0.25) is 0 Å². The summed E-state index contributed by atoms with van der Waals surface area (Å²) in [6.45, 7) is 4.06. The van der Waals surface area contributed by atoms with Crippen LogP contribution in [-0.4, -0.2) is 16.6 Å². The first-order chi connectivity index (χ1) is 7.31. The summed E-state index contributed by atoms with van der Waals surface area (Å²) in [5, 5.41) is 1.28. The summed E-state index contributed by atoms with van der Waals surface area (Å²) in [4.78, 5) is 8.01. The Balaban J connectivity index is 2.43. The fourth-order valence-electron chi connectivity index (χ4n) is 1.25. The SMILES string of the molecule is C=CCOc1ccc2c(Cl)ncnc2c1. The molecule has 0 N–H and O–H groups in total. The standard InChI is InChI=1S/C11H9ClN2O/c1-2-5-15-8-3-4-9-10(6-8)13-7-14-11(9)12/h2-4,6-7H,1,5H2. The Kier molecular flexibility index (Phi) is 2.83. The third kappa shape index (κ3) is 2.07. The first-order valence-corrected chi connectivity index (χ1v) is 4.83. The molecule has 2 aromatic rings. The predicted octanol–water partition coefficient (Wildman–Crippen LogP) is 2.85. The molecule has 1 aromatic heterocycles. The zero-order valence-corrected chi connectivity index (χ0v) is 8.74.